The van der Waals surface area contributed by atoms with Gasteiger partial charge in [-0.05, 0) is 25.6 Å². The molecule has 0 rings (SSSR count). The Labute approximate surface area is 89.3 Å². The highest BCUT2D eigenvalue weighted by Crippen LogP contribution is 2.31. The van der Waals surface area contributed by atoms with Gasteiger partial charge in [0.2, 0.25) is 5.12 Å². The van der Waals surface area contributed by atoms with E-state index in [1.165, 1.54) is 11.8 Å². The molecule has 0 spiro atoms. The van der Waals surface area contributed by atoms with Crippen molar-refractivity contribution in [3.63, 3.8) is 0 Å². The Morgan fingerprint density at radius 2 is 1.77 bits per heavy atom. The lowest BCUT2D eigenvalue weighted by Crippen LogP contribution is -2.34. The Kier molecular flexibility index (Phi) is 6.67. The minimum Gasteiger partial charge on any atom is -0.384 e. The highest BCUT2D eigenvalue weighted by molar-refractivity contribution is 8.23. The van der Waals surface area contributed by atoms with Gasteiger partial charge in [-0.1, -0.05) is 19.1 Å². The Morgan fingerprint density at radius 3 is 2.00 bits per heavy atom. The standard InChI is InChI=1S/C8H17NO2S2/c1-4-8(10-5-2,11-6-3)13-7(9)12/h4-6H2,1-3H3,(H2,9,12). The molecule has 0 saturated carbocycles. The second-order valence-electron chi connectivity index (χ2n) is 2.32. The van der Waals surface area contributed by atoms with Gasteiger partial charge in [0.25, 0.3) is 0 Å². The van der Waals surface area contributed by atoms with Crippen LogP contribution in [0.3, 0.4) is 0 Å². The van der Waals surface area contributed by atoms with Gasteiger partial charge < -0.3 is 15.2 Å². The lowest BCUT2D eigenvalue weighted by molar-refractivity contribution is -0.165. The van der Waals surface area contributed by atoms with E-state index in [2.05, 4.69) is 0 Å². The Hall–Kier alpha value is 0.160. The third kappa shape index (κ3) is 4.81. The fraction of sp³-hybridized carbons (Fsp3) is 0.875. The minimum atomic E-state index is -0.685. The van der Waals surface area contributed by atoms with Crippen molar-refractivity contribution in [2.75, 3.05) is 13.2 Å². The first-order valence-corrected chi connectivity index (χ1v) is 5.59. The van der Waals surface area contributed by atoms with E-state index in [0.29, 0.717) is 17.5 Å². The van der Waals surface area contributed by atoms with Crippen molar-refractivity contribution in [1.82, 2.24) is 0 Å². The molecule has 0 bridgehead atoms. The number of hydrogen-bond acceptors (Lipinski definition) is 4. The Morgan fingerprint density at radius 1 is 1.31 bits per heavy atom. The molecule has 13 heavy (non-hydrogen) atoms. The molecule has 5 heteroatoms. The lowest BCUT2D eigenvalue weighted by Gasteiger charge is -2.30. The van der Waals surface area contributed by atoms with Crippen LogP contribution in [0.5, 0.6) is 0 Å². The van der Waals surface area contributed by atoms with Crippen molar-refractivity contribution in [2.24, 2.45) is 5.73 Å². The maximum Gasteiger partial charge on any atom is 0.224 e. The molecule has 2 N–H and O–H groups in total. The minimum absolute atomic E-state index is 0.351. The normalized spacial score (nSPS) is 11.6. The van der Waals surface area contributed by atoms with Crippen LogP contribution in [-0.4, -0.2) is 22.7 Å². The summed E-state index contributed by atoms with van der Waals surface area (Å²) < 4.78 is 11.4. The van der Waals surface area contributed by atoms with Crippen molar-refractivity contribution in [3.8, 4) is 0 Å². The van der Waals surface area contributed by atoms with Gasteiger partial charge in [-0.3, -0.25) is 0 Å². The van der Waals surface area contributed by atoms with Gasteiger partial charge in [0, 0.05) is 19.6 Å². The molecule has 0 aromatic rings. The monoisotopic (exact) mass is 223 g/mol. The summed E-state index contributed by atoms with van der Waals surface area (Å²) in [4.78, 5) is 0. The third-order valence-electron chi connectivity index (χ3n) is 1.42. The zero-order valence-corrected chi connectivity index (χ0v) is 9.96. The van der Waals surface area contributed by atoms with E-state index in [4.69, 9.17) is 27.4 Å². The first-order chi connectivity index (χ1) is 6.10. The number of hydrogen-bond donors (Lipinski definition) is 1. The van der Waals surface area contributed by atoms with Gasteiger partial charge in [0.15, 0.2) is 0 Å². The molecular formula is C8H17NO2S2. The molecule has 0 aromatic carbocycles. The second kappa shape index (κ2) is 6.59. The van der Waals surface area contributed by atoms with Crippen LogP contribution in [0.15, 0.2) is 0 Å². The van der Waals surface area contributed by atoms with Gasteiger partial charge in [0.05, 0.1) is 0 Å². The van der Waals surface area contributed by atoms with Crippen molar-refractivity contribution < 1.29 is 9.47 Å². The summed E-state index contributed by atoms with van der Waals surface area (Å²) in [7, 11) is 0. The molecule has 0 radical (unpaired) electrons. The van der Waals surface area contributed by atoms with E-state index in [1.54, 1.807) is 0 Å². The molecular weight excluding hydrogens is 206 g/mol. The molecule has 0 amide bonds. The summed E-state index contributed by atoms with van der Waals surface area (Å²) >= 11 is 6.08. The van der Waals surface area contributed by atoms with E-state index >= 15 is 0 Å². The van der Waals surface area contributed by atoms with Gasteiger partial charge >= 0.3 is 0 Å². The number of rotatable bonds is 6. The number of ether oxygens (including phenoxy) is 2. The van der Waals surface area contributed by atoms with E-state index < -0.39 is 5.12 Å². The largest absolute Gasteiger partial charge is 0.384 e. The highest BCUT2D eigenvalue weighted by atomic mass is 32.2. The van der Waals surface area contributed by atoms with Crippen molar-refractivity contribution >= 4 is 28.3 Å². The maximum absolute atomic E-state index is 5.50. The van der Waals surface area contributed by atoms with Crippen molar-refractivity contribution in [2.45, 2.75) is 32.3 Å². The van der Waals surface area contributed by atoms with E-state index in [-0.39, 0.29) is 0 Å². The van der Waals surface area contributed by atoms with Crippen LogP contribution in [0.4, 0.5) is 0 Å². The number of thioether (sulfide) groups is 1. The van der Waals surface area contributed by atoms with Crippen LogP contribution in [0.1, 0.15) is 27.2 Å². The summed E-state index contributed by atoms with van der Waals surface area (Å²) in [6.45, 7) is 7.00. The smallest absolute Gasteiger partial charge is 0.224 e. The summed E-state index contributed by atoms with van der Waals surface area (Å²) in [5.41, 5.74) is 5.45. The van der Waals surface area contributed by atoms with Crippen molar-refractivity contribution in [3.05, 3.63) is 0 Å². The Balaban J connectivity index is 4.33. The van der Waals surface area contributed by atoms with Crippen molar-refractivity contribution in [1.29, 1.82) is 0 Å². The number of thiocarbonyl (C=S) groups is 1. The topological polar surface area (TPSA) is 44.5 Å². The summed E-state index contributed by atoms with van der Waals surface area (Å²) in [5, 5.41) is -0.685. The van der Waals surface area contributed by atoms with Crippen LogP contribution >= 0.6 is 24.0 Å². The molecule has 0 aromatic heterocycles. The molecule has 0 heterocycles. The van der Waals surface area contributed by atoms with E-state index in [9.17, 15) is 0 Å². The van der Waals surface area contributed by atoms with E-state index in [1.807, 2.05) is 20.8 Å². The van der Waals surface area contributed by atoms with Gasteiger partial charge in [-0.25, -0.2) is 0 Å². The SMILES string of the molecule is CCOC(CC)(OCC)SC(N)=S. The fourth-order valence-electron chi connectivity index (χ4n) is 0.970. The van der Waals surface area contributed by atoms with Crippen LogP contribution < -0.4 is 5.73 Å². The van der Waals surface area contributed by atoms with Gasteiger partial charge in [-0.15, -0.1) is 0 Å². The molecule has 3 nitrogen and oxygen atoms in total. The molecule has 0 saturated heterocycles. The lowest BCUT2D eigenvalue weighted by atomic mass is 10.4. The molecule has 0 aliphatic carbocycles. The molecule has 0 aliphatic heterocycles. The zero-order chi connectivity index (χ0) is 10.3. The number of nitrogens with two attached hydrogens (primary N) is 1. The molecule has 0 fully saturated rings. The predicted molar refractivity (Wildman–Crippen MR) is 60.7 cm³/mol. The van der Waals surface area contributed by atoms with Crippen LogP contribution in [-0.2, 0) is 9.47 Å². The quantitative estimate of drug-likeness (QED) is 0.552. The molecule has 0 aliphatic rings. The first kappa shape index (κ1) is 13.2. The molecule has 0 unspecified atom stereocenters. The zero-order valence-electron chi connectivity index (χ0n) is 8.33. The predicted octanol–water partition coefficient (Wildman–Crippen LogP) is 2.10. The van der Waals surface area contributed by atoms with E-state index in [0.717, 1.165) is 6.42 Å². The third-order valence-corrected chi connectivity index (χ3v) is 2.70. The fourth-order valence-corrected chi connectivity index (χ4v) is 2.16. The summed E-state index contributed by atoms with van der Waals surface area (Å²) in [5.74, 6) is 0. The first-order valence-electron chi connectivity index (χ1n) is 4.36. The van der Waals surface area contributed by atoms with Gasteiger partial charge in [-0.2, -0.15) is 0 Å². The van der Waals surface area contributed by atoms with Crippen LogP contribution in [0.2, 0.25) is 0 Å². The maximum atomic E-state index is 5.50. The summed E-state index contributed by atoms with van der Waals surface area (Å²) in [6, 6.07) is 0. The van der Waals surface area contributed by atoms with Crippen LogP contribution in [0.25, 0.3) is 0 Å². The average Bonchev–Trinajstić information content (AvgIpc) is 2.04. The van der Waals surface area contributed by atoms with Crippen LogP contribution in [0, 0.1) is 0 Å². The molecule has 78 valence electrons. The molecule has 0 atom stereocenters. The Bertz CT molecular complexity index is 158. The second-order valence-corrected chi connectivity index (χ2v) is 4.29. The summed E-state index contributed by atoms with van der Waals surface area (Å²) in [6.07, 6.45) is 0.719. The van der Waals surface area contributed by atoms with Gasteiger partial charge in [0.1, 0.15) is 4.32 Å². The highest BCUT2D eigenvalue weighted by Gasteiger charge is 2.31. The average molecular weight is 223 g/mol.